The molecule has 2 aliphatic heterocycles. The summed E-state index contributed by atoms with van der Waals surface area (Å²) < 4.78 is 35.6. The van der Waals surface area contributed by atoms with Gasteiger partial charge in [-0.3, -0.25) is 14.7 Å². The van der Waals surface area contributed by atoms with Gasteiger partial charge in [-0.2, -0.15) is 15.2 Å². The number of carbonyl (C=O) groups excluding carboxylic acids is 1. The van der Waals surface area contributed by atoms with Crippen LogP contribution in [0.15, 0.2) is 6.33 Å². The Hall–Kier alpha value is -2.42. The maximum atomic E-state index is 11.8. The Morgan fingerprint density at radius 1 is 1.14 bits per heavy atom. The number of amides is 1. The monoisotopic (exact) mass is 618 g/mol. The van der Waals surface area contributed by atoms with Gasteiger partial charge in [0.05, 0.1) is 31.7 Å². The molecule has 2 saturated heterocycles. The molecule has 2 aliphatic rings. The van der Waals surface area contributed by atoms with Gasteiger partial charge in [-0.05, 0) is 36.0 Å². The van der Waals surface area contributed by atoms with E-state index in [1.54, 1.807) is 10.9 Å². The summed E-state index contributed by atoms with van der Waals surface area (Å²) in [6, 6.07) is 2.54. The standard InChI is InChI=1S/C28H46N6O6Si2/c1-12-36-25-22-24(32-27(33-25)31-20(10)35)34(15-30-22)26-28(11,14-29)23-21(38-26)13-37-41(16(2)3,17(4)5)40-42(39-23,18(6)7)19(8)9/h15-19,21,23,26H,12-13H2,1-11H3,(H,31,32,33,35)/t21-,23-,26-,28-/m1/s1. The first kappa shape index (κ1) is 32.5. The molecule has 42 heavy (non-hydrogen) atoms. The number of hydrogen-bond acceptors (Lipinski definition) is 10. The largest absolute Gasteiger partial charge is 0.476 e. The fraction of sp³-hybridized carbons (Fsp3) is 0.750. The number of ether oxygens (including phenoxy) is 2. The minimum absolute atomic E-state index is 0.0755. The SMILES string of the molecule is CCOc1nc(NC(C)=O)nc2c1ncn2[C@@H]1O[C@@H]2CO[Si](C(C)C)(C(C)C)O[Si](C(C)C)(C(C)C)O[C@H]2[C@@]1(C)C#N. The molecule has 1 N–H and O–H groups in total. The van der Waals surface area contributed by atoms with E-state index in [1.807, 2.05) is 13.8 Å². The molecule has 2 fully saturated rings. The van der Waals surface area contributed by atoms with Crippen LogP contribution >= 0.6 is 0 Å². The molecule has 14 heteroatoms. The molecule has 232 valence electrons. The van der Waals surface area contributed by atoms with Gasteiger partial charge in [-0.15, -0.1) is 0 Å². The average Bonchev–Trinajstić information content (AvgIpc) is 3.42. The van der Waals surface area contributed by atoms with E-state index in [1.165, 1.54) is 6.92 Å². The predicted molar refractivity (Wildman–Crippen MR) is 162 cm³/mol. The number of imidazole rings is 1. The van der Waals surface area contributed by atoms with Crippen molar-refractivity contribution in [1.82, 2.24) is 19.5 Å². The molecule has 4 atom stereocenters. The lowest BCUT2D eigenvalue weighted by Crippen LogP contribution is -2.66. The van der Waals surface area contributed by atoms with Crippen LogP contribution in [-0.4, -0.2) is 68.0 Å². The van der Waals surface area contributed by atoms with E-state index in [-0.39, 0.29) is 46.5 Å². The third-order valence-electron chi connectivity index (χ3n) is 8.52. The summed E-state index contributed by atoms with van der Waals surface area (Å²) in [5, 5.41) is 13.4. The van der Waals surface area contributed by atoms with E-state index in [0.29, 0.717) is 17.8 Å². The van der Waals surface area contributed by atoms with Crippen LogP contribution in [0.25, 0.3) is 11.2 Å². The third kappa shape index (κ3) is 5.28. The van der Waals surface area contributed by atoms with Crippen molar-refractivity contribution in [3.8, 4) is 11.9 Å². The first-order valence-corrected chi connectivity index (χ1v) is 18.8. The van der Waals surface area contributed by atoms with E-state index in [2.05, 4.69) is 81.7 Å². The van der Waals surface area contributed by atoms with Crippen molar-refractivity contribution in [2.45, 2.75) is 117 Å². The Morgan fingerprint density at radius 3 is 2.29 bits per heavy atom. The van der Waals surface area contributed by atoms with Crippen molar-refractivity contribution >= 4 is 40.1 Å². The summed E-state index contributed by atoms with van der Waals surface area (Å²) in [5.74, 6) is -0.0135. The van der Waals surface area contributed by atoms with Gasteiger partial charge in [-0.1, -0.05) is 55.4 Å². The van der Waals surface area contributed by atoms with Gasteiger partial charge in [0.1, 0.15) is 11.5 Å². The molecule has 4 heterocycles. The van der Waals surface area contributed by atoms with Gasteiger partial charge >= 0.3 is 17.1 Å². The van der Waals surface area contributed by atoms with E-state index >= 15 is 0 Å². The van der Waals surface area contributed by atoms with E-state index in [4.69, 9.17) is 22.4 Å². The number of nitriles is 1. The number of nitrogens with zero attached hydrogens (tertiary/aromatic N) is 5. The van der Waals surface area contributed by atoms with Crippen molar-refractivity contribution in [2.24, 2.45) is 5.41 Å². The number of rotatable bonds is 8. The van der Waals surface area contributed by atoms with Crippen LogP contribution in [-0.2, 0) is 22.5 Å². The summed E-state index contributed by atoms with van der Waals surface area (Å²) >= 11 is 0. The lowest BCUT2D eigenvalue weighted by atomic mass is 9.84. The van der Waals surface area contributed by atoms with Crippen LogP contribution in [0.1, 0.15) is 82.4 Å². The van der Waals surface area contributed by atoms with Crippen LogP contribution in [0.2, 0.25) is 22.2 Å². The quantitative estimate of drug-likeness (QED) is 0.373. The first-order chi connectivity index (χ1) is 19.7. The molecule has 12 nitrogen and oxygen atoms in total. The van der Waals surface area contributed by atoms with E-state index in [9.17, 15) is 10.1 Å². The Kier molecular flexibility index (Phi) is 9.23. The summed E-state index contributed by atoms with van der Waals surface area (Å²) in [7, 11) is -5.79. The maximum absolute atomic E-state index is 11.8. The minimum Gasteiger partial charge on any atom is -0.476 e. The molecular formula is C28H46N6O6Si2. The zero-order valence-corrected chi connectivity index (χ0v) is 28.7. The summed E-state index contributed by atoms with van der Waals surface area (Å²) in [5.41, 5.74) is 0.178. The Labute approximate surface area is 251 Å². The number of carbonyl (C=O) groups is 1. The Morgan fingerprint density at radius 2 is 1.76 bits per heavy atom. The predicted octanol–water partition coefficient (Wildman–Crippen LogP) is 5.57. The fourth-order valence-electron chi connectivity index (χ4n) is 6.34. The Balaban J connectivity index is 1.88. The highest BCUT2D eigenvalue weighted by atomic mass is 28.5. The normalized spacial score (nSPS) is 27.2. The van der Waals surface area contributed by atoms with Crippen molar-refractivity contribution in [1.29, 1.82) is 5.26 Å². The molecule has 0 saturated carbocycles. The van der Waals surface area contributed by atoms with Gasteiger partial charge < -0.3 is 22.4 Å². The highest BCUT2D eigenvalue weighted by Crippen LogP contribution is 2.53. The lowest BCUT2D eigenvalue weighted by molar-refractivity contribution is -0.114. The Bertz CT molecular complexity index is 1330. The fourth-order valence-corrected chi connectivity index (χ4v) is 17.6. The number of hydrogen-bond donors (Lipinski definition) is 1. The molecule has 1 amide bonds. The van der Waals surface area contributed by atoms with E-state index < -0.39 is 41.0 Å². The van der Waals surface area contributed by atoms with E-state index in [0.717, 1.165) is 0 Å². The average molecular weight is 619 g/mol. The molecule has 0 bridgehead atoms. The second kappa shape index (κ2) is 11.9. The summed E-state index contributed by atoms with van der Waals surface area (Å²) in [6.07, 6.45) is -0.403. The van der Waals surface area contributed by atoms with Crippen LogP contribution in [0.4, 0.5) is 5.95 Å². The van der Waals surface area contributed by atoms with Crippen molar-refractivity contribution in [3.63, 3.8) is 0 Å². The number of nitrogens with one attached hydrogen (secondary N) is 1. The van der Waals surface area contributed by atoms with Gasteiger partial charge in [0, 0.05) is 6.92 Å². The van der Waals surface area contributed by atoms with Crippen LogP contribution in [0.5, 0.6) is 5.88 Å². The summed E-state index contributed by atoms with van der Waals surface area (Å²) in [4.78, 5) is 25.3. The highest BCUT2D eigenvalue weighted by molar-refractivity contribution is 6.84. The number of aromatic nitrogens is 4. The molecule has 0 radical (unpaired) electrons. The molecule has 0 aromatic carbocycles. The molecule has 2 aromatic heterocycles. The maximum Gasteiger partial charge on any atom is 0.335 e. The molecule has 4 rings (SSSR count). The zero-order valence-electron chi connectivity index (χ0n) is 26.7. The molecule has 2 aromatic rings. The highest BCUT2D eigenvalue weighted by Gasteiger charge is 2.65. The zero-order chi connectivity index (χ0) is 31.2. The smallest absolute Gasteiger partial charge is 0.335 e. The van der Waals surface area contributed by atoms with Gasteiger partial charge in [0.2, 0.25) is 17.7 Å². The van der Waals surface area contributed by atoms with Crippen LogP contribution in [0, 0.1) is 16.7 Å². The van der Waals surface area contributed by atoms with Crippen molar-refractivity contribution < 1.29 is 27.2 Å². The van der Waals surface area contributed by atoms with Crippen LogP contribution in [0.3, 0.4) is 0 Å². The van der Waals surface area contributed by atoms with Crippen molar-refractivity contribution in [3.05, 3.63) is 6.33 Å². The minimum atomic E-state index is -3.00. The van der Waals surface area contributed by atoms with Gasteiger partial charge in [0.15, 0.2) is 17.4 Å². The molecule has 0 spiro atoms. The second-order valence-corrected chi connectivity index (χ2v) is 21.6. The molecular weight excluding hydrogens is 573 g/mol. The number of fused-ring (bicyclic) bond motifs is 2. The van der Waals surface area contributed by atoms with Crippen LogP contribution < -0.4 is 10.1 Å². The lowest BCUT2D eigenvalue weighted by Gasteiger charge is -2.52. The van der Waals surface area contributed by atoms with Gasteiger partial charge in [0.25, 0.3) is 0 Å². The number of anilines is 1. The second-order valence-electron chi connectivity index (χ2n) is 12.7. The summed E-state index contributed by atoms with van der Waals surface area (Å²) in [6.45, 7) is 22.9. The molecule has 0 aliphatic carbocycles. The van der Waals surface area contributed by atoms with Crippen molar-refractivity contribution in [2.75, 3.05) is 18.5 Å². The topological polar surface area (TPSA) is 143 Å². The van der Waals surface area contributed by atoms with Gasteiger partial charge in [-0.25, -0.2) is 4.98 Å². The first-order valence-electron chi connectivity index (χ1n) is 14.9. The molecule has 0 unspecified atom stereocenters. The third-order valence-corrected chi connectivity index (χ3v) is 18.7.